The molecular formula is C28H50O2. The van der Waals surface area contributed by atoms with Crippen LogP contribution in [0.5, 0.6) is 0 Å². The second-order valence-electron chi connectivity index (χ2n) is 11.0. The highest BCUT2D eigenvalue weighted by Gasteiger charge is 2.44. The average molecular weight is 419 g/mol. The third-order valence-corrected chi connectivity index (χ3v) is 8.85. The Balaban J connectivity index is 1.34. The number of esters is 1. The van der Waals surface area contributed by atoms with Crippen LogP contribution in [0.15, 0.2) is 0 Å². The monoisotopic (exact) mass is 418 g/mol. The average Bonchev–Trinajstić information content (AvgIpc) is 2.76. The van der Waals surface area contributed by atoms with Gasteiger partial charge in [-0.2, -0.15) is 0 Å². The summed E-state index contributed by atoms with van der Waals surface area (Å²) >= 11 is 0. The smallest absolute Gasteiger partial charge is 0.306 e. The van der Waals surface area contributed by atoms with Gasteiger partial charge in [0.15, 0.2) is 0 Å². The molecule has 0 spiro atoms. The molecule has 4 unspecified atom stereocenters. The van der Waals surface area contributed by atoms with Crippen molar-refractivity contribution in [2.75, 3.05) is 0 Å². The number of carbonyl (C=O) groups excluding carboxylic acids is 1. The van der Waals surface area contributed by atoms with E-state index < -0.39 is 0 Å². The predicted molar refractivity (Wildman–Crippen MR) is 126 cm³/mol. The molecule has 2 heteroatoms. The molecule has 0 radical (unpaired) electrons. The van der Waals surface area contributed by atoms with Gasteiger partial charge in [0.2, 0.25) is 0 Å². The second-order valence-corrected chi connectivity index (χ2v) is 11.0. The van der Waals surface area contributed by atoms with Crippen LogP contribution in [0.3, 0.4) is 0 Å². The van der Waals surface area contributed by atoms with Gasteiger partial charge in [-0.05, 0) is 81.0 Å². The van der Waals surface area contributed by atoms with Crippen LogP contribution in [0.1, 0.15) is 136 Å². The molecular weight excluding hydrogens is 368 g/mol. The molecule has 3 rings (SSSR count). The highest BCUT2D eigenvalue weighted by molar-refractivity contribution is 5.69. The molecule has 0 bridgehead atoms. The fraction of sp³-hybridized carbons (Fsp3) is 0.964. The van der Waals surface area contributed by atoms with E-state index in [9.17, 15) is 4.79 Å². The lowest BCUT2D eigenvalue weighted by Gasteiger charge is -2.50. The van der Waals surface area contributed by atoms with Gasteiger partial charge >= 0.3 is 5.97 Å². The summed E-state index contributed by atoms with van der Waals surface area (Å²) in [5.41, 5.74) is 0. The Labute approximate surface area is 187 Å². The number of rotatable bonds is 12. The van der Waals surface area contributed by atoms with E-state index in [1.807, 2.05) is 0 Å². The summed E-state index contributed by atoms with van der Waals surface area (Å²) in [6.07, 6.45) is 25.0. The summed E-state index contributed by atoms with van der Waals surface area (Å²) in [6.45, 7) is 4.57. The predicted octanol–water partition coefficient (Wildman–Crippen LogP) is 8.47. The van der Waals surface area contributed by atoms with Gasteiger partial charge in [0.05, 0.1) is 0 Å². The number of hydrogen-bond acceptors (Lipinski definition) is 2. The fourth-order valence-electron chi connectivity index (χ4n) is 7.20. The lowest BCUT2D eigenvalue weighted by molar-refractivity contribution is -0.153. The molecule has 30 heavy (non-hydrogen) atoms. The zero-order valence-corrected chi connectivity index (χ0v) is 20.2. The van der Waals surface area contributed by atoms with Gasteiger partial charge in [-0.25, -0.2) is 0 Å². The van der Waals surface area contributed by atoms with Crippen molar-refractivity contribution in [1.82, 2.24) is 0 Å². The van der Waals surface area contributed by atoms with Crippen LogP contribution < -0.4 is 0 Å². The standard InChI is InChI=1S/C28H50O2/c1-3-5-7-8-9-11-13-28(29)30-25-17-19-27-24(21-25)16-15-23-20-22(12-10-6-4-2)14-18-26(23)27/h22-27H,3-21H2,1-2H3/t22-,23?,24?,25-,26?,27?/m0/s1. The van der Waals surface area contributed by atoms with Crippen molar-refractivity contribution in [3.05, 3.63) is 0 Å². The summed E-state index contributed by atoms with van der Waals surface area (Å²) in [5, 5.41) is 0. The van der Waals surface area contributed by atoms with Crippen LogP contribution in [0.4, 0.5) is 0 Å². The van der Waals surface area contributed by atoms with E-state index in [0.717, 1.165) is 48.9 Å². The van der Waals surface area contributed by atoms with Crippen molar-refractivity contribution < 1.29 is 9.53 Å². The first-order valence-corrected chi connectivity index (χ1v) is 13.9. The third kappa shape index (κ3) is 7.27. The Morgan fingerprint density at radius 3 is 2.10 bits per heavy atom. The second kappa shape index (κ2) is 13.1. The molecule has 0 aromatic carbocycles. The minimum atomic E-state index is 0.0789. The maximum Gasteiger partial charge on any atom is 0.306 e. The molecule has 174 valence electrons. The summed E-state index contributed by atoms with van der Waals surface area (Å²) in [6, 6.07) is 0. The summed E-state index contributed by atoms with van der Waals surface area (Å²) in [7, 11) is 0. The molecule has 0 saturated heterocycles. The van der Waals surface area contributed by atoms with Crippen molar-refractivity contribution in [1.29, 1.82) is 0 Å². The first-order valence-electron chi connectivity index (χ1n) is 13.9. The molecule has 0 heterocycles. The maximum absolute atomic E-state index is 12.3. The number of fused-ring (bicyclic) bond motifs is 3. The van der Waals surface area contributed by atoms with E-state index in [4.69, 9.17) is 4.74 Å². The molecule has 0 aromatic rings. The number of ether oxygens (including phenoxy) is 1. The normalized spacial score (nSPS) is 33.5. The Kier molecular flexibility index (Phi) is 10.5. The van der Waals surface area contributed by atoms with Gasteiger partial charge in [-0.15, -0.1) is 0 Å². The highest BCUT2D eigenvalue weighted by atomic mass is 16.5. The van der Waals surface area contributed by atoms with Gasteiger partial charge in [0.25, 0.3) is 0 Å². The number of hydrogen-bond donors (Lipinski definition) is 0. The summed E-state index contributed by atoms with van der Waals surface area (Å²) in [4.78, 5) is 12.3. The van der Waals surface area contributed by atoms with E-state index >= 15 is 0 Å². The molecule has 0 aromatic heterocycles. The molecule has 6 atom stereocenters. The third-order valence-electron chi connectivity index (χ3n) is 8.85. The Hall–Kier alpha value is -0.530. The zero-order valence-electron chi connectivity index (χ0n) is 20.2. The maximum atomic E-state index is 12.3. The van der Waals surface area contributed by atoms with Crippen molar-refractivity contribution in [2.24, 2.45) is 29.6 Å². The lowest BCUT2D eigenvalue weighted by atomic mass is 9.56. The van der Waals surface area contributed by atoms with Gasteiger partial charge in [0.1, 0.15) is 6.10 Å². The van der Waals surface area contributed by atoms with E-state index in [1.165, 1.54) is 96.3 Å². The quantitative estimate of drug-likeness (QED) is 0.235. The van der Waals surface area contributed by atoms with Crippen LogP contribution in [-0.2, 0) is 9.53 Å². The summed E-state index contributed by atoms with van der Waals surface area (Å²) < 4.78 is 5.94. The molecule has 2 nitrogen and oxygen atoms in total. The first-order chi connectivity index (χ1) is 14.7. The molecule has 3 aliphatic carbocycles. The van der Waals surface area contributed by atoms with Crippen LogP contribution in [0.25, 0.3) is 0 Å². The summed E-state index contributed by atoms with van der Waals surface area (Å²) in [5.74, 6) is 4.88. The van der Waals surface area contributed by atoms with Crippen LogP contribution in [0, 0.1) is 29.6 Å². The van der Waals surface area contributed by atoms with Crippen molar-refractivity contribution in [3.63, 3.8) is 0 Å². The molecule has 3 aliphatic rings. The van der Waals surface area contributed by atoms with Crippen molar-refractivity contribution in [3.8, 4) is 0 Å². The number of unbranched alkanes of at least 4 members (excludes halogenated alkanes) is 7. The van der Waals surface area contributed by atoms with E-state index in [1.54, 1.807) is 0 Å². The van der Waals surface area contributed by atoms with Gasteiger partial charge in [0, 0.05) is 6.42 Å². The minimum absolute atomic E-state index is 0.0789. The molecule has 0 amide bonds. The molecule has 3 fully saturated rings. The van der Waals surface area contributed by atoms with E-state index in [-0.39, 0.29) is 12.1 Å². The topological polar surface area (TPSA) is 26.3 Å². The Bertz CT molecular complexity index is 487. The largest absolute Gasteiger partial charge is 0.462 e. The van der Waals surface area contributed by atoms with Gasteiger partial charge < -0.3 is 4.74 Å². The number of carbonyl (C=O) groups is 1. The van der Waals surface area contributed by atoms with Crippen LogP contribution in [0.2, 0.25) is 0 Å². The van der Waals surface area contributed by atoms with Crippen molar-refractivity contribution in [2.45, 2.75) is 142 Å². The molecule has 0 N–H and O–H groups in total. The van der Waals surface area contributed by atoms with Gasteiger partial charge in [-0.3, -0.25) is 4.79 Å². The first kappa shape index (κ1) is 24.1. The Morgan fingerprint density at radius 2 is 1.33 bits per heavy atom. The molecule has 3 saturated carbocycles. The fourth-order valence-corrected chi connectivity index (χ4v) is 7.20. The van der Waals surface area contributed by atoms with E-state index in [2.05, 4.69) is 13.8 Å². The van der Waals surface area contributed by atoms with Gasteiger partial charge in [-0.1, -0.05) is 78.1 Å². The highest BCUT2D eigenvalue weighted by Crippen LogP contribution is 2.53. The minimum Gasteiger partial charge on any atom is -0.462 e. The Morgan fingerprint density at radius 1 is 0.700 bits per heavy atom. The van der Waals surface area contributed by atoms with Crippen LogP contribution in [-0.4, -0.2) is 12.1 Å². The van der Waals surface area contributed by atoms with Crippen LogP contribution >= 0.6 is 0 Å². The lowest BCUT2D eigenvalue weighted by Crippen LogP contribution is -2.43. The SMILES string of the molecule is CCCCCCCCC(=O)O[C@H]1CCC2C(CCC3C[C@@H](CCCCC)CCC32)C1. The zero-order chi connectivity index (χ0) is 21.2. The molecule has 0 aliphatic heterocycles. The van der Waals surface area contributed by atoms with Crippen molar-refractivity contribution >= 4 is 5.97 Å². The van der Waals surface area contributed by atoms with E-state index in [0.29, 0.717) is 6.42 Å².